The topological polar surface area (TPSA) is 103 Å². The van der Waals surface area contributed by atoms with E-state index >= 15 is 0 Å². The number of sulfonamides is 1. The zero-order chi connectivity index (χ0) is 26.3. The lowest BCUT2D eigenvalue weighted by Crippen LogP contribution is -2.49. The van der Waals surface area contributed by atoms with Crippen LogP contribution in [-0.4, -0.2) is 81.4 Å². The van der Waals surface area contributed by atoms with Gasteiger partial charge in [0.15, 0.2) is 0 Å². The first-order valence-corrected chi connectivity index (χ1v) is 14.4. The van der Waals surface area contributed by atoms with Crippen molar-refractivity contribution in [2.45, 2.75) is 39.7 Å². The third kappa shape index (κ3) is 5.13. The normalized spacial score (nSPS) is 20.9. The number of pyridine rings is 1. The molecule has 0 unspecified atom stereocenters. The van der Waals surface area contributed by atoms with E-state index in [2.05, 4.69) is 16.0 Å². The van der Waals surface area contributed by atoms with Crippen LogP contribution in [0.3, 0.4) is 0 Å². The van der Waals surface area contributed by atoms with Crippen LogP contribution in [0.25, 0.3) is 0 Å². The second-order valence-corrected chi connectivity index (χ2v) is 11.9. The van der Waals surface area contributed by atoms with Gasteiger partial charge in [0.2, 0.25) is 10.0 Å². The standard InChI is InChI=1S/C26H33N5O5S.ClH/c1-4-20-17-36-26(33)31(20)21-6-7-22(23(15-21)30-8-5-13-37(30,34)35)25(32)29-11-9-28(10-12-29)24-19(3)14-18(2)16-27-24;/h6-7,14-16,20H,4-5,8-13,17H2,1-3H3;1H/t20-;/m1./s1. The number of amides is 2. The summed E-state index contributed by atoms with van der Waals surface area (Å²) in [6, 6.07) is 6.98. The van der Waals surface area contributed by atoms with E-state index in [0.717, 1.165) is 16.9 Å². The van der Waals surface area contributed by atoms with Crippen LogP contribution in [-0.2, 0) is 14.8 Å². The summed E-state index contributed by atoms with van der Waals surface area (Å²) in [5.41, 5.74) is 3.40. The van der Waals surface area contributed by atoms with Crippen LogP contribution >= 0.6 is 12.4 Å². The summed E-state index contributed by atoms with van der Waals surface area (Å²) in [6.45, 7) is 8.88. The monoisotopic (exact) mass is 563 g/mol. The number of hydrogen-bond acceptors (Lipinski definition) is 7. The Balaban J connectivity index is 0.00000336. The number of aryl methyl sites for hydroxylation is 2. The van der Waals surface area contributed by atoms with Gasteiger partial charge in [-0.2, -0.15) is 0 Å². The van der Waals surface area contributed by atoms with Crippen molar-refractivity contribution in [3.63, 3.8) is 0 Å². The average Bonchev–Trinajstić information content (AvgIpc) is 3.44. The van der Waals surface area contributed by atoms with E-state index < -0.39 is 16.1 Å². The Hall–Kier alpha value is -3.05. The SMILES string of the molecule is CC[C@@H]1COC(=O)N1c1ccc(C(=O)N2CCN(c3ncc(C)cc3C)CC2)c(N2CCCS2(=O)=O)c1.Cl. The maximum absolute atomic E-state index is 13.7. The molecule has 206 valence electrons. The molecule has 1 atom stereocenters. The maximum atomic E-state index is 13.7. The molecule has 0 spiro atoms. The largest absolute Gasteiger partial charge is 0.447 e. The fraction of sp³-hybridized carbons (Fsp3) is 0.500. The molecule has 0 N–H and O–H groups in total. The summed E-state index contributed by atoms with van der Waals surface area (Å²) in [4.78, 5) is 36.3. The molecule has 0 radical (unpaired) electrons. The lowest BCUT2D eigenvalue weighted by molar-refractivity contribution is 0.0747. The summed E-state index contributed by atoms with van der Waals surface area (Å²) < 4.78 is 32.3. The minimum Gasteiger partial charge on any atom is -0.447 e. The number of hydrogen-bond donors (Lipinski definition) is 0. The molecule has 3 aliphatic rings. The second-order valence-electron chi connectivity index (χ2n) is 9.88. The van der Waals surface area contributed by atoms with Crippen LogP contribution in [0.2, 0.25) is 0 Å². The van der Waals surface area contributed by atoms with Crippen LogP contribution in [0.1, 0.15) is 41.3 Å². The van der Waals surface area contributed by atoms with Crippen molar-refractivity contribution in [1.29, 1.82) is 0 Å². The summed E-state index contributed by atoms with van der Waals surface area (Å²) in [6.07, 6.45) is 2.58. The highest BCUT2D eigenvalue weighted by Crippen LogP contribution is 2.35. The maximum Gasteiger partial charge on any atom is 0.414 e. The fourth-order valence-corrected chi connectivity index (χ4v) is 6.95. The van der Waals surface area contributed by atoms with E-state index in [0.29, 0.717) is 62.5 Å². The Bertz CT molecular complexity index is 1330. The zero-order valence-electron chi connectivity index (χ0n) is 21.9. The van der Waals surface area contributed by atoms with Crippen LogP contribution in [0, 0.1) is 13.8 Å². The van der Waals surface area contributed by atoms with Gasteiger partial charge in [0.1, 0.15) is 12.4 Å². The molecular weight excluding hydrogens is 530 g/mol. The molecule has 0 bridgehead atoms. The minimum absolute atomic E-state index is 0. The van der Waals surface area contributed by atoms with Gasteiger partial charge in [0.25, 0.3) is 5.91 Å². The lowest BCUT2D eigenvalue weighted by Gasteiger charge is -2.36. The molecule has 0 saturated carbocycles. The first-order chi connectivity index (χ1) is 17.7. The number of carbonyl (C=O) groups excluding carboxylic acids is 2. The molecule has 0 aliphatic carbocycles. The molecule has 10 nitrogen and oxygen atoms in total. The number of nitrogens with zero attached hydrogens (tertiary/aromatic N) is 5. The molecule has 5 rings (SSSR count). The van der Waals surface area contributed by atoms with Crippen molar-refractivity contribution in [2.75, 3.05) is 59.2 Å². The summed E-state index contributed by atoms with van der Waals surface area (Å²) >= 11 is 0. The van der Waals surface area contributed by atoms with Crippen molar-refractivity contribution in [2.24, 2.45) is 0 Å². The summed E-state index contributed by atoms with van der Waals surface area (Å²) in [5, 5.41) is 0. The van der Waals surface area contributed by atoms with Crippen molar-refractivity contribution >= 4 is 51.6 Å². The fourth-order valence-electron chi connectivity index (χ4n) is 5.38. The Kier molecular flexibility index (Phi) is 8.08. The van der Waals surface area contributed by atoms with Gasteiger partial charge in [-0.05, 0) is 56.0 Å². The van der Waals surface area contributed by atoms with Crippen molar-refractivity contribution in [1.82, 2.24) is 9.88 Å². The average molecular weight is 564 g/mol. The van der Waals surface area contributed by atoms with Crippen LogP contribution in [0.5, 0.6) is 0 Å². The predicted octanol–water partition coefficient (Wildman–Crippen LogP) is 3.36. The van der Waals surface area contributed by atoms with Gasteiger partial charge < -0.3 is 14.5 Å². The number of cyclic esters (lactones) is 1. The number of rotatable bonds is 5. The molecule has 3 fully saturated rings. The highest BCUT2D eigenvalue weighted by molar-refractivity contribution is 7.93. The molecular formula is C26H34ClN5O5S. The molecule has 1 aromatic carbocycles. The molecule has 2 amide bonds. The molecule has 3 saturated heterocycles. The minimum atomic E-state index is -3.54. The Morgan fingerprint density at radius 1 is 1.11 bits per heavy atom. The van der Waals surface area contributed by atoms with Gasteiger partial charge in [-0.25, -0.2) is 18.2 Å². The smallest absolute Gasteiger partial charge is 0.414 e. The molecule has 3 aliphatic heterocycles. The molecule has 38 heavy (non-hydrogen) atoms. The second kappa shape index (κ2) is 11.0. The van der Waals surface area contributed by atoms with Crippen molar-refractivity contribution in [3.8, 4) is 0 Å². The van der Waals surface area contributed by atoms with Crippen molar-refractivity contribution in [3.05, 3.63) is 47.2 Å². The van der Waals surface area contributed by atoms with E-state index in [4.69, 9.17) is 4.74 Å². The Labute approximate surface area is 230 Å². The van der Waals surface area contributed by atoms with Crippen LogP contribution < -0.4 is 14.1 Å². The van der Waals surface area contributed by atoms with Crippen molar-refractivity contribution < 1.29 is 22.7 Å². The van der Waals surface area contributed by atoms with Gasteiger partial charge in [0.05, 0.1) is 23.0 Å². The zero-order valence-corrected chi connectivity index (χ0v) is 23.6. The molecule has 2 aromatic rings. The van der Waals surface area contributed by atoms with Gasteiger partial charge in [-0.1, -0.05) is 13.0 Å². The van der Waals surface area contributed by atoms with E-state index in [9.17, 15) is 18.0 Å². The predicted molar refractivity (Wildman–Crippen MR) is 149 cm³/mol. The molecule has 12 heteroatoms. The number of ether oxygens (including phenoxy) is 1. The third-order valence-electron chi connectivity index (χ3n) is 7.34. The number of anilines is 3. The highest BCUT2D eigenvalue weighted by atomic mass is 35.5. The number of benzene rings is 1. The quantitative estimate of drug-likeness (QED) is 0.549. The first kappa shape index (κ1) is 28.0. The molecule has 1 aromatic heterocycles. The number of halogens is 1. The van der Waals surface area contributed by atoms with Crippen LogP contribution in [0.4, 0.5) is 22.0 Å². The Morgan fingerprint density at radius 2 is 1.84 bits per heavy atom. The van der Waals surface area contributed by atoms with E-state index in [1.54, 1.807) is 28.0 Å². The first-order valence-electron chi connectivity index (χ1n) is 12.8. The summed E-state index contributed by atoms with van der Waals surface area (Å²) in [7, 11) is -3.54. The van der Waals surface area contributed by atoms with Gasteiger partial charge in [-0.3, -0.25) is 14.0 Å². The summed E-state index contributed by atoms with van der Waals surface area (Å²) in [5.74, 6) is 0.747. The van der Waals surface area contributed by atoms with Gasteiger partial charge in [0, 0.05) is 44.6 Å². The van der Waals surface area contributed by atoms with E-state index in [1.165, 1.54) is 4.31 Å². The van der Waals surface area contributed by atoms with Crippen LogP contribution in [0.15, 0.2) is 30.5 Å². The van der Waals surface area contributed by atoms with E-state index in [1.807, 2.05) is 27.0 Å². The Morgan fingerprint density at radius 3 is 2.47 bits per heavy atom. The van der Waals surface area contributed by atoms with E-state index in [-0.39, 0.29) is 36.7 Å². The number of aromatic nitrogens is 1. The third-order valence-corrected chi connectivity index (χ3v) is 9.20. The highest BCUT2D eigenvalue weighted by Gasteiger charge is 2.37. The van der Waals surface area contributed by atoms with Gasteiger partial charge in [-0.15, -0.1) is 12.4 Å². The number of piperazine rings is 1. The lowest BCUT2D eigenvalue weighted by atomic mass is 10.1. The van der Waals surface area contributed by atoms with Gasteiger partial charge >= 0.3 is 6.09 Å². The number of carbonyl (C=O) groups is 2. The molecule has 4 heterocycles.